The van der Waals surface area contributed by atoms with Crippen molar-refractivity contribution in [3.05, 3.63) is 0 Å². The molecule has 4 nitrogen and oxygen atoms in total. The summed E-state index contributed by atoms with van der Waals surface area (Å²) in [7, 11) is 0. The second kappa shape index (κ2) is 1.75. The first-order valence-corrected chi connectivity index (χ1v) is 3.37. The number of carboxylic acid groups (broad SMARTS) is 1. The Kier molecular flexibility index (Phi) is 1.09. The zero-order valence-electron chi connectivity index (χ0n) is 5.75. The van der Waals surface area contributed by atoms with Crippen LogP contribution in [0.25, 0.3) is 0 Å². The van der Waals surface area contributed by atoms with Crippen LogP contribution in [-0.2, 0) is 9.59 Å². The molecule has 2 N–H and O–H groups in total. The van der Waals surface area contributed by atoms with E-state index in [1.807, 2.05) is 5.32 Å². The standard InChI is InChI=1S/C6H5F2NO3/c7-6(8)1-2(6)4(10)9-3(1)5(11)12/h1-3H,(H,9,10)(H,11,12)/t1-,2+,3-/m0/s1. The summed E-state index contributed by atoms with van der Waals surface area (Å²) in [5.74, 6) is -8.09. The Balaban J connectivity index is 2.25. The molecule has 1 heterocycles. The summed E-state index contributed by atoms with van der Waals surface area (Å²) in [5, 5.41) is 10.4. The maximum absolute atomic E-state index is 12.6. The van der Waals surface area contributed by atoms with Gasteiger partial charge in [0.1, 0.15) is 12.0 Å². The van der Waals surface area contributed by atoms with E-state index in [1.54, 1.807) is 0 Å². The molecule has 1 aliphatic heterocycles. The average Bonchev–Trinajstić information content (AvgIpc) is 2.37. The van der Waals surface area contributed by atoms with Crippen LogP contribution in [0.4, 0.5) is 8.78 Å². The Morgan fingerprint density at radius 2 is 2.17 bits per heavy atom. The summed E-state index contributed by atoms with van der Waals surface area (Å²) >= 11 is 0. The number of piperidine rings is 1. The van der Waals surface area contributed by atoms with Crippen LogP contribution in [0.2, 0.25) is 0 Å². The minimum Gasteiger partial charge on any atom is -0.480 e. The van der Waals surface area contributed by atoms with E-state index in [1.165, 1.54) is 0 Å². The third-order valence-corrected chi connectivity index (χ3v) is 2.31. The Hall–Kier alpha value is -1.20. The molecule has 0 aromatic carbocycles. The quantitative estimate of drug-likeness (QED) is 0.564. The number of halogens is 2. The second-order valence-electron chi connectivity index (χ2n) is 3.00. The third kappa shape index (κ3) is 0.645. The fraction of sp³-hybridized carbons (Fsp3) is 0.667. The molecule has 2 rings (SSSR count). The largest absolute Gasteiger partial charge is 0.480 e. The lowest BCUT2D eigenvalue weighted by Crippen LogP contribution is -2.40. The Morgan fingerprint density at radius 3 is 2.42 bits per heavy atom. The Morgan fingerprint density at radius 1 is 1.58 bits per heavy atom. The van der Waals surface area contributed by atoms with Gasteiger partial charge in [-0.15, -0.1) is 0 Å². The molecule has 1 saturated carbocycles. The molecule has 12 heavy (non-hydrogen) atoms. The van der Waals surface area contributed by atoms with Crippen LogP contribution in [0.3, 0.4) is 0 Å². The first-order chi connectivity index (χ1) is 5.46. The number of rotatable bonds is 1. The first-order valence-electron chi connectivity index (χ1n) is 3.37. The van der Waals surface area contributed by atoms with Gasteiger partial charge in [-0.2, -0.15) is 0 Å². The van der Waals surface area contributed by atoms with Gasteiger partial charge < -0.3 is 10.4 Å². The van der Waals surface area contributed by atoms with Crippen molar-refractivity contribution >= 4 is 11.9 Å². The lowest BCUT2D eigenvalue weighted by molar-refractivity contribution is -0.142. The van der Waals surface area contributed by atoms with Crippen molar-refractivity contribution in [2.45, 2.75) is 12.0 Å². The number of hydrogen-bond donors (Lipinski definition) is 2. The van der Waals surface area contributed by atoms with E-state index in [2.05, 4.69) is 0 Å². The van der Waals surface area contributed by atoms with E-state index >= 15 is 0 Å². The van der Waals surface area contributed by atoms with Crippen LogP contribution >= 0.6 is 0 Å². The predicted molar refractivity (Wildman–Crippen MR) is 31.5 cm³/mol. The predicted octanol–water partition coefficient (Wildman–Crippen LogP) is -0.549. The first kappa shape index (κ1) is 7.45. The van der Waals surface area contributed by atoms with Gasteiger partial charge in [0.05, 0.1) is 5.92 Å². The van der Waals surface area contributed by atoms with Crippen LogP contribution in [-0.4, -0.2) is 28.9 Å². The van der Waals surface area contributed by atoms with Crippen LogP contribution in [0.1, 0.15) is 0 Å². The van der Waals surface area contributed by atoms with E-state index in [0.29, 0.717) is 0 Å². The minimum atomic E-state index is -3.11. The van der Waals surface area contributed by atoms with Gasteiger partial charge in [-0.1, -0.05) is 0 Å². The van der Waals surface area contributed by atoms with Crippen molar-refractivity contribution in [1.82, 2.24) is 5.32 Å². The topological polar surface area (TPSA) is 66.4 Å². The smallest absolute Gasteiger partial charge is 0.326 e. The van der Waals surface area contributed by atoms with Crippen molar-refractivity contribution in [3.8, 4) is 0 Å². The zero-order chi connectivity index (χ0) is 9.09. The van der Waals surface area contributed by atoms with E-state index in [0.717, 1.165) is 0 Å². The van der Waals surface area contributed by atoms with Crippen molar-refractivity contribution in [2.24, 2.45) is 11.8 Å². The van der Waals surface area contributed by atoms with E-state index in [-0.39, 0.29) is 0 Å². The van der Waals surface area contributed by atoms with Gasteiger partial charge in [0.25, 0.3) is 5.92 Å². The second-order valence-corrected chi connectivity index (χ2v) is 3.00. The van der Waals surface area contributed by atoms with Crippen molar-refractivity contribution in [1.29, 1.82) is 0 Å². The van der Waals surface area contributed by atoms with Gasteiger partial charge in [0.2, 0.25) is 5.91 Å². The van der Waals surface area contributed by atoms with Crippen LogP contribution in [0, 0.1) is 11.8 Å². The molecule has 0 bridgehead atoms. The molecule has 1 saturated heterocycles. The zero-order valence-corrected chi connectivity index (χ0v) is 5.75. The molecular weight excluding hydrogens is 172 g/mol. The number of aliphatic carboxylic acids is 1. The molecule has 1 amide bonds. The van der Waals surface area contributed by atoms with E-state index < -0.39 is 35.7 Å². The monoisotopic (exact) mass is 177 g/mol. The number of alkyl halides is 2. The number of fused-ring (bicyclic) bond motifs is 1. The SMILES string of the molecule is O=C(O)[C@H]1NC(=O)[C@H]2[C@@H]1C2(F)F. The van der Waals surface area contributed by atoms with Crippen molar-refractivity contribution < 1.29 is 23.5 Å². The number of amides is 1. The number of carbonyl (C=O) groups is 2. The lowest BCUT2D eigenvalue weighted by atomic mass is 10.2. The van der Waals surface area contributed by atoms with Crippen LogP contribution in [0.15, 0.2) is 0 Å². The normalized spacial score (nSPS) is 41.8. The maximum atomic E-state index is 12.6. The summed E-state index contributed by atoms with van der Waals surface area (Å²) in [6.45, 7) is 0. The molecular formula is C6H5F2NO3. The highest BCUT2D eigenvalue weighted by Crippen LogP contribution is 2.60. The van der Waals surface area contributed by atoms with E-state index in [9.17, 15) is 18.4 Å². The molecule has 6 heteroatoms. The van der Waals surface area contributed by atoms with Gasteiger partial charge in [-0.05, 0) is 0 Å². The average molecular weight is 177 g/mol. The molecule has 0 aromatic heterocycles. The molecule has 0 spiro atoms. The molecule has 2 aliphatic rings. The molecule has 66 valence electrons. The molecule has 1 aliphatic carbocycles. The summed E-state index contributed by atoms with van der Waals surface area (Å²) in [4.78, 5) is 21.0. The fourth-order valence-corrected chi connectivity index (χ4v) is 1.65. The summed E-state index contributed by atoms with van der Waals surface area (Å²) in [6, 6.07) is -1.41. The Bertz CT molecular complexity index is 278. The van der Waals surface area contributed by atoms with Gasteiger partial charge >= 0.3 is 5.97 Å². The fourth-order valence-electron chi connectivity index (χ4n) is 1.65. The molecule has 0 radical (unpaired) electrons. The molecule has 0 unspecified atom stereocenters. The lowest BCUT2D eigenvalue weighted by Gasteiger charge is -2.09. The highest BCUT2D eigenvalue weighted by Gasteiger charge is 2.79. The minimum absolute atomic E-state index is 0.850. The van der Waals surface area contributed by atoms with Gasteiger partial charge in [0, 0.05) is 0 Å². The van der Waals surface area contributed by atoms with E-state index in [4.69, 9.17) is 5.11 Å². The molecule has 3 atom stereocenters. The van der Waals surface area contributed by atoms with Crippen molar-refractivity contribution in [2.75, 3.05) is 0 Å². The highest BCUT2D eigenvalue weighted by atomic mass is 19.3. The van der Waals surface area contributed by atoms with Crippen LogP contribution < -0.4 is 5.32 Å². The summed E-state index contributed by atoms with van der Waals surface area (Å²) in [6.07, 6.45) is 0. The highest BCUT2D eigenvalue weighted by molar-refractivity contribution is 5.94. The summed E-state index contributed by atoms with van der Waals surface area (Å²) in [5.41, 5.74) is 0. The summed E-state index contributed by atoms with van der Waals surface area (Å²) < 4.78 is 25.2. The number of carboxylic acids is 1. The number of nitrogens with one attached hydrogen (secondary N) is 1. The Labute approximate surface area is 65.6 Å². The van der Waals surface area contributed by atoms with Gasteiger partial charge in [0.15, 0.2) is 0 Å². The molecule has 2 fully saturated rings. The third-order valence-electron chi connectivity index (χ3n) is 2.31. The molecule has 0 aromatic rings. The van der Waals surface area contributed by atoms with Gasteiger partial charge in [-0.3, -0.25) is 4.79 Å². The number of hydrogen-bond acceptors (Lipinski definition) is 2. The number of carbonyl (C=O) groups excluding carboxylic acids is 1. The maximum Gasteiger partial charge on any atom is 0.326 e. The van der Waals surface area contributed by atoms with Gasteiger partial charge in [-0.25, -0.2) is 13.6 Å². The van der Waals surface area contributed by atoms with Crippen molar-refractivity contribution in [3.63, 3.8) is 0 Å². The van der Waals surface area contributed by atoms with Crippen LogP contribution in [0.5, 0.6) is 0 Å².